The third-order valence-corrected chi connectivity index (χ3v) is 8.21. The molecule has 2 aliphatic heterocycles. The molecule has 5 heteroatoms. The molecule has 1 saturated heterocycles. The van der Waals surface area contributed by atoms with Gasteiger partial charge in [-0.2, -0.15) is 0 Å². The summed E-state index contributed by atoms with van der Waals surface area (Å²) in [6.07, 6.45) is 1.49. The number of benzene rings is 4. The van der Waals surface area contributed by atoms with Crippen LogP contribution in [0.4, 0.5) is 0 Å². The zero-order valence-electron chi connectivity index (χ0n) is 23.6. The van der Waals surface area contributed by atoms with Gasteiger partial charge < -0.3 is 14.5 Å². The minimum absolute atomic E-state index is 0.0851. The standard InChI is InChI=1S/C36H36N2O3/c1-35(2)33(23-27-15-7-3-8-16-27)38(34(39)32-24-31(37-40-32)30-21-13-6-14-22-30)36(41-35,25-28-17-9-4-10-18-28)26-29-19-11-5-12-20-29/h3-22,32-33H,23-26H2,1-2H3. The molecule has 41 heavy (non-hydrogen) atoms. The number of oxime groups is 1. The van der Waals surface area contributed by atoms with Crippen LogP contribution in [-0.4, -0.2) is 40.0 Å². The van der Waals surface area contributed by atoms with Crippen LogP contribution >= 0.6 is 0 Å². The molecule has 0 aliphatic carbocycles. The van der Waals surface area contributed by atoms with Gasteiger partial charge in [-0.05, 0) is 42.5 Å². The first-order valence-electron chi connectivity index (χ1n) is 14.4. The molecule has 6 rings (SSSR count). The van der Waals surface area contributed by atoms with E-state index in [-0.39, 0.29) is 11.9 Å². The van der Waals surface area contributed by atoms with Gasteiger partial charge in [-0.25, -0.2) is 0 Å². The summed E-state index contributed by atoms with van der Waals surface area (Å²) in [7, 11) is 0. The van der Waals surface area contributed by atoms with Crippen molar-refractivity contribution >= 4 is 11.6 Å². The Morgan fingerprint density at radius 2 is 1.24 bits per heavy atom. The zero-order valence-corrected chi connectivity index (χ0v) is 23.6. The van der Waals surface area contributed by atoms with Gasteiger partial charge in [-0.15, -0.1) is 0 Å². The molecule has 2 unspecified atom stereocenters. The van der Waals surface area contributed by atoms with E-state index in [4.69, 9.17) is 9.57 Å². The van der Waals surface area contributed by atoms with E-state index in [1.54, 1.807) is 0 Å². The van der Waals surface area contributed by atoms with Crippen LogP contribution in [-0.2, 0) is 33.6 Å². The van der Waals surface area contributed by atoms with E-state index in [9.17, 15) is 4.79 Å². The summed E-state index contributed by atoms with van der Waals surface area (Å²) >= 11 is 0. The highest BCUT2D eigenvalue weighted by molar-refractivity contribution is 6.04. The number of carbonyl (C=O) groups is 1. The number of amides is 1. The maximum absolute atomic E-state index is 14.8. The minimum atomic E-state index is -0.915. The Hall–Kier alpha value is -4.22. The van der Waals surface area contributed by atoms with Crippen molar-refractivity contribution < 1.29 is 14.4 Å². The van der Waals surface area contributed by atoms with Gasteiger partial charge in [0.25, 0.3) is 5.91 Å². The van der Waals surface area contributed by atoms with E-state index in [2.05, 4.69) is 55.4 Å². The first kappa shape index (κ1) is 27.0. The Kier molecular flexibility index (Phi) is 7.46. The molecule has 1 fully saturated rings. The lowest BCUT2D eigenvalue weighted by molar-refractivity contribution is -0.167. The first-order chi connectivity index (χ1) is 19.9. The Labute approximate surface area is 242 Å². The maximum atomic E-state index is 14.8. The molecule has 4 aromatic carbocycles. The molecule has 0 aromatic heterocycles. The summed E-state index contributed by atoms with van der Waals surface area (Å²) in [6, 6.07) is 40.7. The predicted octanol–water partition coefficient (Wildman–Crippen LogP) is 6.61. The first-order valence-corrected chi connectivity index (χ1v) is 14.4. The topological polar surface area (TPSA) is 51.1 Å². The average molecular weight is 545 g/mol. The highest BCUT2D eigenvalue weighted by Gasteiger charge is 2.59. The molecule has 4 aromatic rings. The monoisotopic (exact) mass is 544 g/mol. The SMILES string of the molecule is CC1(C)OC(Cc2ccccc2)(Cc2ccccc2)N(C(=O)C2CC(c3ccccc3)=NO2)C1Cc1ccccc1. The number of rotatable bonds is 8. The van der Waals surface area contributed by atoms with Crippen molar-refractivity contribution in [2.24, 2.45) is 5.16 Å². The Morgan fingerprint density at radius 3 is 1.78 bits per heavy atom. The van der Waals surface area contributed by atoms with Gasteiger partial charge in [0.1, 0.15) is 0 Å². The van der Waals surface area contributed by atoms with E-state index in [0.29, 0.717) is 25.7 Å². The Morgan fingerprint density at radius 1 is 0.756 bits per heavy atom. The molecule has 2 aliphatic rings. The second-order valence-corrected chi connectivity index (χ2v) is 11.6. The molecule has 2 atom stereocenters. The molecule has 1 amide bonds. The minimum Gasteiger partial charge on any atom is -0.382 e. The average Bonchev–Trinajstić information content (AvgIpc) is 3.56. The highest BCUT2D eigenvalue weighted by atomic mass is 16.6. The summed E-state index contributed by atoms with van der Waals surface area (Å²) in [5, 5.41) is 4.37. The molecule has 2 heterocycles. The van der Waals surface area contributed by atoms with Crippen molar-refractivity contribution in [2.45, 2.75) is 63.0 Å². The fraction of sp³-hybridized carbons (Fsp3) is 0.278. The fourth-order valence-electron chi connectivity index (χ4n) is 6.33. The summed E-state index contributed by atoms with van der Waals surface area (Å²) < 4.78 is 7.15. The maximum Gasteiger partial charge on any atom is 0.269 e. The molecular formula is C36H36N2O3. The number of hydrogen-bond donors (Lipinski definition) is 0. The van der Waals surface area contributed by atoms with Crippen molar-refractivity contribution in [3.63, 3.8) is 0 Å². The second kappa shape index (κ2) is 11.3. The predicted molar refractivity (Wildman–Crippen MR) is 161 cm³/mol. The van der Waals surface area contributed by atoms with E-state index in [1.165, 1.54) is 0 Å². The van der Waals surface area contributed by atoms with Gasteiger partial charge in [-0.1, -0.05) is 126 Å². The third-order valence-electron chi connectivity index (χ3n) is 8.21. The Balaban J connectivity index is 1.42. The fourth-order valence-corrected chi connectivity index (χ4v) is 6.33. The van der Waals surface area contributed by atoms with Crippen molar-refractivity contribution in [1.82, 2.24) is 4.90 Å². The molecule has 0 radical (unpaired) electrons. The van der Waals surface area contributed by atoms with Crippen LogP contribution in [0.15, 0.2) is 126 Å². The van der Waals surface area contributed by atoms with Gasteiger partial charge in [0, 0.05) is 19.3 Å². The zero-order chi connectivity index (χ0) is 28.3. The van der Waals surface area contributed by atoms with E-state index < -0.39 is 17.4 Å². The van der Waals surface area contributed by atoms with E-state index >= 15 is 0 Å². The highest BCUT2D eigenvalue weighted by Crippen LogP contribution is 2.45. The van der Waals surface area contributed by atoms with Crippen LogP contribution in [0.3, 0.4) is 0 Å². The number of hydrogen-bond acceptors (Lipinski definition) is 4. The summed E-state index contributed by atoms with van der Waals surface area (Å²) in [6.45, 7) is 4.22. The largest absolute Gasteiger partial charge is 0.382 e. The van der Waals surface area contributed by atoms with Crippen LogP contribution < -0.4 is 0 Å². The summed E-state index contributed by atoms with van der Waals surface area (Å²) in [4.78, 5) is 22.7. The van der Waals surface area contributed by atoms with Gasteiger partial charge in [0.15, 0.2) is 5.72 Å². The molecular weight excluding hydrogens is 508 g/mol. The normalized spacial score (nSPS) is 20.8. The molecule has 5 nitrogen and oxygen atoms in total. The van der Waals surface area contributed by atoms with Crippen molar-refractivity contribution in [1.29, 1.82) is 0 Å². The van der Waals surface area contributed by atoms with E-state index in [0.717, 1.165) is 28.0 Å². The Bertz CT molecular complexity index is 1450. The quantitative estimate of drug-likeness (QED) is 0.251. The smallest absolute Gasteiger partial charge is 0.269 e. The van der Waals surface area contributed by atoms with Crippen LogP contribution in [0.1, 0.15) is 42.5 Å². The third kappa shape index (κ3) is 5.68. The molecule has 0 N–H and O–H groups in total. The summed E-state index contributed by atoms with van der Waals surface area (Å²) in [5.41, 5.74) is 3.63. The molecule has 0 bridgehead atoms. The lowest BCUT2D eigenvalue weighted by Crippen LogP contribution is -2.58. The van der Waals surface area contributed by atoms with Gasteiger partial charge in [0.05, 0.1) is 17.4 Å². The van der Waals surface area contributed by atoms with Gasteiger partial charge in [-0.3, -0.25) is 4.79 Å². The molecule has 0 spiro atoms. The lowest BCUT2D eigenvalue weighted by Gasteiger charge is -2.40. The van der Waals surface area contributed by atoms with Crippen LogP contribution in [0.5, 0.6) is 0 Å². The van der Waals surface area contributed by atoms with Crippen molar-refractivity contribution in [3.05, 3.63) is 144 Å². The number of carbonyl (C=O) groups excluding carboxylic acids is 1. The van der Waals surface area contributed by atoms with Gasteiger partial charge in [0.2, 0.25) is 6.10 Å². The van der Waals surface area contributed by atoms with Crippen molar-refractivity contribution in [3.8, 4) is 0 Å². The van der Waals surface area contributed by atoms with Crippen molar-refractivity contribution in [2.75, 3.05) is 0 Å². The van der Waals surface area contributed by atoms with Crippen LogP contribution in [0, 0.1) is 0 Å². The lowest BCUT2D eigenvalue weighted by atomic mass is 9.89. The van der Waals surface area contributed by atoms with Gasteiger partial charge >= 0.3 is 0 Å². The molecule has 0 saturated carbocycles. The number of nitrogens with zero attached hydrogens (tertiary/aromatic N) is 2. The molecule has 208 valence electrons. The summed E-state index contributed by atoms with van der Waals surface area (Å²) in [5.74, 6) is -0.0851. The van der Waals surface area contributed by atoms with Crippen LogP contribution in [0.25, 0.3) is 0 Å². The van der Waals surface area contributed by atoms with Crippen LogP contribution in [0.2, 0.25) is 0 Å². The second-order valence-electron chi connectivity index (χ2n) is 11.6. The number of ether oxygens (including phenoxy) is 1. The van der Waals surface area contributed by atoms with E-state index in [1.807, 2.05) is 89.8 Å².